The van der Waals surface area contributed by atoms with Crippen molar-refractivity contribution in [1.29, 1.82) is 0 Å². The van der Waals surface area contributed by atoms with E-state index in [0.29, 0.717) is 6.61 Å². The van der Waals surface area contributed by atoms with Gasteiger partial charge >= 0.3 is 24.0 Å². The molecule has 0 aliphatic carbocycles. The average Bonchev–Trinajstić information content (AvgIpc) is 2.63. The van der Waals surface area contributed by atoms with Crippen molar-refractivity contribution < 1.29 is 52.3 Å². The molecule has 12 nitrogen and oxygen atoms in total. The highest BCUT2D eigenvalue weighted by Gasteiger charge is 2.52. The molecule has 172 valence electrons. The molecule has 1 aliphatic rings. The summed E-state index contributed by atoms with van der Waals surface area (Å²) in [6.07, 6.45) is -6.67. The van der Waals surface area contributed by atoms with Gasteiger partial charge in [-0.05, 0) is 6.42 Å². The summed E-state index contributed by atoms with van der Waals surface area (Å²) < 4.78 is 37.1. The third-order valence-electron chi connectivity index (χ3n) is 3.76. The van der Waals surface area contributed by atoms with Crippen molar-refractivity contribution in [2.24, 2.45) is 5.73 Å². The van der Waals surface area contributed by atoms with Crippen LogP contribution in [0.3, 0.4) is 0 Å². The van der Waals surface area contributed by atoms with Crippen molar-refractivity contribution in [3.63, 3.8) is 0 Å². The molecule has 0 radical (unpaired) electrons. The lowest BCUT2D eigenvalue weighted by Crippen LogP contribution is -2.63. The normalized spacial score (nSPS) is 25.8. The number of hydrogen-bond acceptors (Lipinski definition) is 11. The summed E-state index contributed by atoms with van der Waals surface area (Å²) in [6, 6.07) is 0. The van der Waals surface area contributed by atoms with Crippen molar-refractivity contribution in [2.45, 2.75) is 64.8 Å². The quantitative estimate of drug-likeness (QED) is 0.265. The third-order valence-corrected chi connectivity index (χ3v) is 3.76. The Morgan fingerprint density at radius 1 is 0.833 bits per heavy atom. The third kappa shape index (κ3) is 8.93. The fourth-order valence-electron chi connectivity index (χ4n) is 2.73. The number of hydrogen-bond donors (Lipinski definition) is 1. The summed E-state index contributed by atoms with van der Waals surface area (Å²) in [5.74, 6) is -2.07. The Labute approximate surface area is 174 Å². The highest BCUT2D eigenvalue weighted by atomic mass is 16.7. The predicted molar refractivity (Wildman–Crippen MR) is 97.9 cm³/mol. The van der Waals surface area contributed by atoms with Crippen LogP contribution in [0.1, 0.15) is 34.1 Å². The van der Waals surface area contributed by atoms with E-state index in [1.807, 2.05) is 6.92 Å². The molecular formula is C18H29NO11. The SMILES string of the molecule is CCCOCCO[C@H]1O[C@H](COC(C)=O)[C@@H](OC(C)=O)[C@H](OC(N)=O)[C@@H]1OC(C)=O. The summed E-state index contributed by atoms with van der Waals surface area (Å²) in [4.78, 5) is 45.9. The van der Waals surface area contributed by atoms with Crippen molar-refractivity contribution >= 4 is 24.0 Å². The van der Waals surface area contributed by atoms with Crippen LogP contribution in [0.25, 0.3) is 0 Å². The first-order valence-electron chi connectivity index (χ1n) is 9.44. The molecule has 0 bridgehead atoms. The monoisotopic (exact) mass is 435 g/mol. The van der Waals surface area contributed by atoms with Crippen LogP contribution >= 0.6 is 0 Å². The van der Waals surface area contributed by atoms with E-state index in [1.54, 1.807) is 0 Å². The molecule has 5 atom stereocenters. The average molecular weight is 435 g/mol. The molecule has 0 unspecified atom stereocenters. The molecule has 0 spiro atoms. The Morgan fingerprint density at radius 3 is 2.00 bits per heavy atom. The zero-order chi connectivity index (χ0) is 22.7. The van der Waals surface area contributed by atoms with Gasteiger partial charge in [0.1, 0.15) is 12.7 Å². The van der Waals surface area contributed by atoms with E-state index in [9.17, 15) is 19.2 Å². The fourth-order valence-corrected chi connectivity index (χ4v) is 2.73. The highest BCUT2D eigenvalue weighted by Crippen LogP contribution is 2.29. The van der Waals surface area contributed by atoms with Gasteiger partial charge in [-0.1, -0.05) is 6.92 Å². The lowest BCUT2D eigenvalue weighted by Gasteiger charge is -2.43. The molecule has 0 aromatic carbocycles. The second-order valence-electron chi connectivity index (χ2n) is 6.38. The number of esters is 3. The largest absolute Gasteiger partial charge is 0.463 e. The zero-order valence-electron chi connectivity index (χ0n) is 17.5. The molecule has 1 saturated heterocycles. The van der Waals surface area contributed by atoms with Gasteiger partial charge in [0, 0.05) is 27.4 Å². The molecule has 2 N–H and O–H groups in total. The van der Waals surface area contributed by atoms with Gasteiger partial charge in [-0.2, -0.15) is 0 Å². The lowest BCUT2D eigenvalue weighted by atomic mass is 9.98. The molecular weight excluding hydrogens is 406 g/mol. The Morgan fingerprint density at radius 2 is 1.47 bits per heavy atom. The molecule has 1 fully saturated rings. The minimum Gasteiger partial charge on any atom is -0.463 e. The van der Waals surface area contributed by atoms with Gasteiger partial charge in [-0.15, -0.1) is 0 Å². The van der Waals surface area contributed by atoms with Gasteiger partial charge in [-0.3, -0.25) is 14.4 Å². The van der Waals surface area contributed by atoms with E-state index in [4.69, 9.17) is 38.9 Å². The molecule has 0 aromatic rings. The number of ether oxygens (including phenoxy) is 7. The summed E-state index contributed by atoms with van der Waals surface area (Å²) in [6.45, 7) is 5.86. The number of nitrogens with two attached hydrogens (primary N) is 1. The molecule has 0 aromatic heterocycles. The van der Waals surface area contributed by atoms with Crippen LogP contribution in [0, 0.1) is 0 Å². The Kier molecular flexibility index (Phi) is 11.1. The fraction of sp³-hybridized carbons (Fsp3) is 0.778. The molecule has 0 saturated carbocycles. The van der Waals surface area contributed by atoms with Crippen LogP contribution in [0.2, 0.25) is 0 Å². The number of rotatable bonds is 11. The van der Waals surface area contributed by atoms with Gasteiger partial charge in [0.15, 0.2) is 24.6 Å². The smallest absolute Gasteiger partial charge is 0.405 e. The Hall–Kier alpha value is -2.44. The number of amides is 1. The Balaban J connectivity index is 3.13. The van der Waals surface area contributed by atoms with Gasteiger partial charge in [0.05, 0.1) is 13.2 Å². The van der Waals surface area contributed by atoms with E-state index >= 15 is 0 Å². The molecule has 1 aliphatic heterocycles. The first kappa shape index (κ1) is 25.6. The van der Waals surface area contributed by atoms with E-state index in [-0.39, 0.29) is 19.8 Å². The van der Waals surface area contributed by atoms with Crippen LogP contribution in [0.4, 0.5) is 4.79 Å². The predicted octanol–water partition coefficient (Wildman–Crippen LogP) is 0.0449. The topological polar surface area (TPSA) is 159 Å². The van der Waals surface area contributed by atoms with E-state index in [0.717, 1.165) is 20.3 Å². The van der Waals surface area contributed by atoms with E-state index in [1.165, 1.54) is 6.92 Å². The number of primary amides is 1. The molecule has 12 heteroatoms. The first-order chi connectivity index (χ1) is 14.1. The van der Waals surface area contributed by atoms with Crippen molar-refractivity contribution in [3.05, 3.63) is 0 Å². The van der Waals surface area contributed by atoms with Gasteiger partial charge in [-0.25, -0.2) is 4.79 Å². The van der Waals surface area contributed by atoms with Crippen LogP contribution in [-0.2, 0) is 47.5 Å². The summed E-state index contributed by atoms with van der Waals surface area (Å²) in [5, 5.41) is 0. The Bertz CT molecular complexity index is 597. The molecule has 1 amide bonds. The minimum absolute atomic E-state index is 0.0598. The summed E-state index contributed by atoms with van der Waals surface area (Å²) in [7, 11) is 0. The van der Waals surface area contributed by atoms with Crippen molar-refractivity contribution in [1.82, 2.24) is 0 Å². The zero-order valence-corrected chi connectivity index (χ0v) is 17.5. The van der Waals surface area contributed by atoms with Gasteiger partial charge in [0.2, 0.25) is 0 Å². The highest BCUT2D eigenvalue weighted by molar-refractivity contribution is 5.68. The second-order valence-corrected chi connectivity index (χ2v) is 6.38. The van der Waals surface area contributed by atoms with Crippen LogP contribution < -0.4 is 5.73 Å². The molecule has 30 heavy (non-hydrogen) atoms. The van der Waals surface area contributed by atoms with Gasteiger partial charge < -0.3 is 38.9 Å². The molecule has 1 rings (SSSR count). The minimum atomic E-state index is -1.37. The maximum atomic E-state index is 11.6. The second kappa shape index (κ2) is 13.0. The van der Waals surface area contributed by atoms with Crippen molar-refractivity contribution in [2.75, 3.05) is 26.4 Å². The standard InChI is InChI=1S/C18H29NO11/c1-5-6-24-7-8-25-17-16(28-12(4)22)15(30-18(19)23)14(27-11(3)21)13(29-17)9-26-10(2)20/h13-17H,5-9H2,1-4H3,(H2,19,23)/t13-,14-,15+,16+,17+/m1/s1. The van der Waals surface area contributed by atoms with Crippen molar-refractivity contribution in [3.8, 4) is 0 Å². The maximum Gasteiger partial charge on any atom is 0.405 e. The molecule has 1 heterocycles. The summed E-state index contributed by atoms with van der Waals surface area (Å²) in [5.41, 5.74) is 5.15. The number of carbonyl (C=O) groups excluding carboxylic acids is 4. The van der Waals surface area contributed by atoms with Gasteiger partial charge in [0.25, 0.3) is 0 Å². The van der Waals surface area contributed by atoms with E-state index < -0.39 is 54.7 Å². The first-order valence-corrected chi connectivity index (χ1v) is 9.44. The lowest BCUT2D eigenvalue weighted by molar-refractivity contribution is -0.306. The van der Waals surface area contributed by atoms with Crippen LogP contribution in [-0.4, -0.2) is 81.1 Å². The van der Waals surface area contributed by atoms with E-state index in [2.05, 4.69) is 0 Å². The van der Waals surface area contributed by atoms with Crippen LogP contribution in [0.15, 0.2) is 0 Å². The maximum absolute atomic E-state index is 11.6. The summed E-state index contributed by atoms with van der Waals surface area (Å²) >= 11 is 0. The number of carbonyl (C=O) groups is 4. The van der Waals surface area contributed by atoms with Crippen LogP contribution in [0.5, 0.6) is 0 Å².